The van der Waals surface area contributed by atoms with Crippen molar-refractivity contribution in [2.45, 2.75) is 91.1 Å². The maximum Gasteiger partial charge on any atom is 0.313 e. The highest BCUT2D eigenvalue weighted by Crippen LogP contribution is 2.66. The Hall–Kier alpha value is -1.97. The predicted octanol–water partition coefficient (Wildman–Crippen LogP) is 5.42. The number of carbonyl (C=O) groups is 3. The van der Waals surface area contributed by atoms with Gasteiger partial charge in [-0.1, -0.05) is 58.9 Å². The summed E-state index contributed by atoms with van der Waals surface area (Å²) in [6.07, 6.45) is 3.37. The van der Waals surface area contributed by atoms with Gasteiger partial charge in [0, 0.05) is 23.8 Å². The summed E-state index contributed by atoms with van der Waals surface area (Å²) in [5.41, 5.74) is -0.121. The van der Waals surface area contributed by atoms with Gasteiger partial charge in [0.15, 0.2) is 17.2 Å². The molecule has 0 radical (unpaired) electrons. The van der Waals surface area contributed by atoms with Crippen LogP contribution in [0.5, 0.6) is 0 Å². The maximum absolute atomic E-state index is 13.0. The summed E-state index contributed by atoms with van der Waals surface area (Å²) in [6.45, 7) is 12.4. The minimum absolute atomic E-state index is 0.0371. The zero-order chi connectivity index (χ0) is 21.7. The second-order valence-electron chi connectivity index (χ2n) is 10.2. The van der Waals surface area contributed by atoms with E-state index in [1.807, 2.05) is 45.0 Å². The van der Waals surface area contributed by atoms with Gasteiger partial charge in [-0.15, -0.1) is 0 Å². The predicted molar refractivity (Wildman–Crippen MR) is 113 cm³/mol. The molecule has 1 aliphatic heterocycles. The summed E-state index contributed by atoms with van der Waals surface area (Å²) in [5.74, 6) is -0.242. The van der Waals surface area contributed by atoms with Gasteiger partial charge in [0.1, 0.15) is 0 Å². The van der Waals surface area contributed by atoms with E-state index in [1.165, 1.54) is 5.56 Å². The van der Waals surface area contributed by atoms with Crippen LogP contribution in [-0.2, 0) is 19.7 Å². The molecule has 3 rings (SSSR count). The Morgan fingerprint density at radius 3 is 2.14 bits per heavy atom. The Balaban J connectivity index is 1.60. The highest BCUT2D eigenvalue weighted by atomic mass is 16.6. The molecule has 1 saturated heterocycles. The van der Waals surface area contributed by atoms with Crippen LogP contribution in [-0.4, -0.2) is 23.1 Å². The molecule has 2 fully saturated rings. The standard InChI is InChI=1S/C25H34O4/c1-7-22(2,3)18-13-11-17(12-14-18)19(26)9-8-10-20(27)25-16-15-24(6,21(28)29-25)23(25,4)5/h11-14H,7-10,15-16H2,1-6H3. The average Bonchev–Trinajstić information content (AvgIpc) is 2.98. The molecule has 158 valence electrons. The maximum atomic E-state index is 13.0. The largest absolute Gasteiger partial charge is 0.450 e. The van der Waals surface area contributed by atoms with Gasteiger partial charge in [0.05, 0.1) is 5.41 Å². The number of fused-ring (bicyclic) bond motifs is 2. The van der Waals surface area contributed by atoms with Gasteiger partial charge in [0.2, 0.25) is 0 Å². The lowest BCUT2D eigenvalue weighted by molar-refractivity contribution is -0.167. The Labute approximate surface area is 174 Å². The lowest BCUT2D eigenvalue weighted by atomic mass is 9.65. The third-order valence-corrected chi connectivity index (χ3v) is 8.21. The monoisotopic (exact) mass is 398 g/mol. The minimum atomic E-state index is -1.02. The zero-order valence-electron chi connectivity index (χ0n) is 18.7. The van der Waals surface area contributed by atoms with Gasteiger partial charge in [-0.2, -0.15) is 0 Å². The summed E-state index contributed by atoms with van der Waals surface area (Å²) in [4.78, 5) is 38.0. The molecule has 2 aliphatic rings. The smallest absolute Gasteiger partial charge is 0.313 e. The second-order valence-corrected chi connectivity index (χ2v) is 10.2. The van der Waals surface area contributed by atoms with Crippen molar-refractivity contribution in [3.05, 3.63) is 35.4 Å². The Morgan fingerprint density at radius 2 is 1.66 bits per heavy atom. The minimum Gasteiger partial charge on any atom is -0.450 e. The molecule has 29 heavy (non-hydrogen) atoms. The molecular formula is C25H34O4. The van der Waals surface area contributed by atoms with E-state index < -0.39 is 16.4 Å². The molecule has 1 aromatic carbocycles. The van der Waals surface area contributed by atoms with E-state index in [0.717, 1.165) is 6.42 Å². The van der Waals surface area contributed by atoms with Crippen LogP contribution in [0.2, 0.25) is 0 Å². The number of hydrogen-bond acceptors (Lipinski definition) is 4. The van der Waals surface area contributed by atoms with Crippen molar-refractivity contribution < 1.29 is 19.1 Å². The quantitative estimate of drug-likeness (QED) is 0.433. The normalized spacial score (nSPS) is 27.7. The molecule has 2 bridgehead atoms. The van der Waals surface area contributed by atoms with Crippen molar-refractivity contribution in [1.29, 1.82) is 0 Å². The second kappa shape index (κ2) is 7.07. The summed E-state index contributed by atoms with van der Waals surface area (Å²) in [6, 6.07) is 7.83. The van der Waals surface area contributed by atoms with Gasteiger partial charge in [0.25, 0.3) is 0 Å². The van der Waals surface area contributed by atoms with E-state index >= 15 is 0 Å². The molecule has 1 aliphatic carbocycles. The van der Waals surface area contributed by atoms with Crippen LogP contribution in [0.3, 0.4) is 0 Å². The molecule has 4 nitrogen and oxygen atoms in total. The molecule has 1 aromatic rings. The van der Waals surface area contributed by atoms with E-state index in [9.17, 15) is 14.4 Å². The van der Waals surface area contributed by atoms with Crippen molar-refractivity contribution in [3.63, 3.8) is 0 Å². The summed E-state index contributed by atoms with van der Waals surface area (Å²) < 4.78 is 5.65. The first-order valence-electron chi connectivity index (χ1n) is 10.8. The number of rotatable bonds is 8. The molecule has 1 saturated carbocycles. The van der Waals surface area contributed by atoms with Crippen molar-refractivity contribution >= 4 is 17.5 Å². The molecule has 0 N–H and O–H groups in total. The SMILES string of the molecule is CCC(C)(C)c1ccc(C(=O)CCCC(=O)C23CCC(C)(C(=O)O2)C3(C)C)cc1. The Kier molecular flexibility index (Phi) is 5.30. The van der Waals surface area contributed by atoms with Gasteiger partial charge in [-0.25, -0.2) is 0 Å². The van der Waals surface area contributed by atoms with E-state index in [1.54, 1.807) is 0 Å². The third-order valence-electron chi connectivity index (χ3n) is 8.21. The average molecular weight is 399 g/mol. The molecule has 0 spiro atoms. The number of carbonyl (C=O) groups excluding carboxylic acids is 3. The van der Waals surface area contributed by atoms with E-state index in [0.29, 0.717) is 31.2 Å². The van der Waals surface area contributed by atoms with Crippen molar-refractivity contribution in [1.82, 2.24) is 0 Å². The molecular weight excluding hydrogens is 364 g/mol. The summed E-state index contributed by atoms with van der Waals surface area (Å²) >= 11 is 0. The number of Topliss-reactive ketones (excluding diaryl/α,β-unsaturated/α-hetero) is 2. The van der Waals surface area contributed by atoms with Crippen LogP contribution >= 0.6 is 0 Å². The van der Waals surface area contributed by atoms with E-state index in [4.69, 9.17) is 4.74 Å². The zero-order valence-corrected chi connectivity index (χ0v) is 18.7. The van der Waals surface area contributed by atoms with Crippen molar-refractivity contribution in [2.24, 2.45) is 10.8 Å². The molecule has 4 heteroatoms. The lowest BCUT2D eigenvalue weighted by Crippen LogP contribution is -2.47. The number of hydrogen-bond donors (Lipinski definition) is 0. The van der Waals surface area contributed by atoms with Crippen LogP contribution in [0.25, 0.3) is 0 Å². The van der Waals surface area contributed by atoms with E-state index in [2.05, 4.69) is 20.8 Å². The summed E-state index contributed by atoms with van der Waals surface area (Å²) in [7, 11) is 0. The van der Waals surface area contributed by atoms with Crippen LogP contribution in [0.4, 0.5) is 0 Å². The summed E-state index contributed by atoms with van der Waals surface area (Å²) in [5, 5.41) is 0. The highest BCUT2D eigenvalue weighted by molar-refractivity contribution is 5.98. The Morgan fingerprint density at radius 1 is 1.03 bits per heavy atom. The van der Waals surface area contributed by atoms with Gasteiger partial charge < -0.3 is 4.74 Å². The molecule has 1 heterocycles. The number of ketones is 2. The topological polar surface area (TPSA) is 60.4 Å². The highest BCUT2D eigenvalue weighted by Gasteiger charge is 2.74. The van der Waals surface area contributed by atoms with Crippen LogP contribution in [0, 0.1) is 10.8 Å². The molecule has 0 amide bonds. The first kappa shape index (κ1) is 21.7. The number of esters is 1. The number of ether oxygens (including phenoxy) is 1. The van der Waals surface area contributed by atoms with Crippen LogP contribution < -0.4 is 0 Å². The molecule has 2 atom stereocenters. The van der Waals surface area contributed by atoms with Crippen LogP contribution in [0.15, 0.2) is 24.3 Å². The fourth-order valence-corrected chi connectivity index (χ4v) is 4.92. The fraction of sp³-hybridized carbons (Fsp3) is 0.640. The first-order valence-corrected chi connectivity index (χ1v) is 10.8. The lowest BCUT2D eigenvalue weighted by Gasteiger charge is -2.35. The molecule has 2 unspecified atom stereocenters. The van der Waals surface area contributed by atoms with Gasteiger partial charge in [-0.3, -0.25) is 14.4 Å². The van der Waals surface area contributed by atoms with Crippen LogP contribution in [0.1, 0.15) is 96.0 Å². The van der Waals surface area contributed by atoms with Gasteiger partial charge >= 0.3 is 5.97 Å². The molecule has 0 aromatic heterocycles. The first-order chi connectivity index (χ1) is 13.4. The van der Waals surface area contributed by atoms with Crippen molar-refractivity contribution in [3.8, 4) is 0 Å². The van der Waals surface area contributed by atoms with Gasteiger partial charge in [-0.05, 0) is 43.6 Å². The Bertz CT molecular complexity index is 833. The van der Waals surface area contributed by atoms with Crippen molar-refractivity contribution in [2.75, 3.05) is 0 Å². The number of benzene rings is 1. The van der Waals surface area contributed by atoms with E-state index in [-0.39, 0.29) is 29.4 Å². The third kappa shape index (κ3) is 3.15. The fourth-order valence-electron chi connectivity index (χ4n) is 4.92.